The quantitative estimate of drug-likeness (QED) is 0.626. The largest absolute Gasteiger partial charge is 0.310 e. The maximum Gasteiger partial charge on any atom is 0.0409 e. The predicted octanol–water partition coefficient (Wildman–Crippen LogP) is 4.89. The lowest BCUT2D eigenvalue weighted by atomic mass is 10.0. The maximum atomic E-state index is 6.15. The van der Waals surface area contributed by atoms with Crippen molar-refractivity contribution in [3.05, 3.63) is 34.9 Å². The zero-order valence-corrected chi connectivity index (χ0v) is 14.6. The van der Waals surface area contributed by atoms with Crippen LogP contribution in [-0.2, 0) is 0 Å². The Bertz CT molecular complexity index is 375. The van der Waals surface area contributed by atoms with Crippen molar-refractivity contribution in [2.45, 2.75) is 52.5 Å². The van der Waals surface area contributed by atoms with E-state index in [1.54, 1.807) is 0 Å². The molecular formula is C18H31ClN2. The lowest BCUT2D eigenvalue weighted by Gasteiger charge is -2.25. The van der Waals surface area contributed by atoms with Crippen LogP contribution in [0.1, 0.15) is 58.1 Å². The number of nitrogens with zero attached hydrogens (tertiary/aromatic N) is 1. The van der Waals surface area contributed by atoms with E-state index < -0.39 is 0 Å². The van der Waals surface area contributed by atoms with E-state index in [-0.39, 0.29) is 0 Å². The summed E-state index contributed by atoms with van der Waals surface area (Å²) in [6, 6.07) is 8.68. The van der Waals surface area contributed by atoms with Gasteiger partial charge < -0.3 is 10.2 Å². The summed E-state index contributed by atoms with van der Waals surface area (Å²) in [5, 5.41) is 4.50. The highest BCUT2D eigenvalue weighted by Crippen LogP contribution is 2.21. The van der Waals surface area contributed by atoms with Gasteiger partial charge in [0.2, 0.25) is 0 Å². The molecule has 1 aromatic rings. The van der Waals surface area contributed by atoms with Gasteiger partial charge in [0.05, 0.1) is 0 Å². The molecule has 1 rings (SSSR count). The number of benzene rings is 1. The number of nitrogens with one attached hydrogen (secondary N) is 1. The topological polar surface area (TPSA) is 15.3 Å². The van der Waals surface area contributed by atoms with Crippen LogP contribution in [0, 0.1) is 0 Å². The van der Waals surface area contributed by atoms with E-state index in [2.05, 4.69) is 43.1 Å². The molecule has 0 fully saturated rings. The molecule has 1 unspecified atom stereocenters. The summed E-state index contributed by atoms with van der Waals surface area (Å²) in [6.07, 6.45) is 4.75. The molecule has 3 heteroatoms. The molecule has 1 aromatic carbocycles. The number of halogens is 1. The molecule has 1 N–H and O–H groups in total. The van der Waals surface area contributed by atoms with Crippen LogP contribution in [0.25, 0.3) is 0 Å². The van der Waals surface area contributed by atoms with Crippen LogP contribution in [0.15, 0.2) is 24.3 Å². The van der Waals surface area contributed by atoms with E-state index in [1.165, 1.54) is 31.5 Å². The molecule has 0 amide bonds. The van der Waals surface area contributed by atoms with E-state index >= 15 is 0 Å². The van der Waals surface area contributed by atoms with Crippen molar-refractivity contribution < 1.29 is 0 Å². The van der Waals surface area contributed by atoms with E-state index in [0.29, 0.717) is 6.04 Å². The Morgan fingerprint density at radius 2 is 1.76 bits per heavy atom. The second kappa shape index (κ2) is 11.1. The van der Waals surface area contributed by atoms with Crippen LogP contribution in [0.2, 0.25) is 5.02 Å². The van der Waals surface area contributed by atoms with Crippen molar-refractivity contribution in [2.24, 2.45) is 0 Å². The molecule has 0 aromatic heterocycles. The van der Waals surface area contributed by atoms with Gasteiger partial charge in [-0.05, 0) is 69.6 Å². The second-order valence-electron chi connectivity index (χ2n) is 5.69. The molecule has 120 valence electrons. The van der Waals surface area contributed by atoms with Gasteiger partial charge in [0, 0.05) is 11.1 Å². The normalized spacial score (nSPS) is 12.8. The lowest BCUT2D eigenvalue weighted by Crippen LogP contribution is -2.31. The lowest BCUT2D eigenvalue weighted by molar-refractivity contribution is 0.257. The molecule has 21 heavy (non-hydrogen) atoms. The van der Waals surface area contributed by atoms with Gasteiger partial charge in [-0.15, -0.1) is 0 Å². The summed E-state index contributed by atoms with van der Waals surface area (Å²) < 4.78 is 0. The molecule has 1 atom stereocenters. The summed E-state index contributed by atoms with van der Waals surface area (Å²) in [5.41, 5.74) is 1.31. The minimum atomic E-state index is 0.403. The van der Waals surface area contributed by atoms with Gasteiger partial charge in [-0.3, -0.25) is 0 Å². The van der Waals surface area contributed by atoms with Crippen LogP contribution in [-0.4, -0.2) is 31.1 Å². The Hall–Kier alpha value is -0.570. The Morgan fingerprint density at radius 1 is 1.05 bits per heavy atom. The van der Waals surface area contributed by atoms with Crippen LogP contribution in [0.4, 0.5) is 0 Å². The molecule has 2 nitrogen and oxygen atoms in total. The average molecular weight is 311 g/mol. The molecular weight excluding hydrogens is 280 g/mol. The van der Waals surface area contributed by atoms with Crippen LogP contribution in [0.3, 0.4) is 0 Å². The summed E-state index contributed by atoms with van der Waals surface area (Å²) in [7, 11) is 0. The number of hydrogen-bond donors (Lipinski definition) is 1. The van der Waals surface area contributed by atoms with Crippen LogP contribution in [0.5, 0.6) is 0 Å². The molecule has 0 bridgehead atoms. The minimum Gasteiger partial charge on any atom is -0.310 e. The predicted molar refractivity (Wildman–Crippen MR) is 94.1 cm³/mol. The van der Waals surface area contributed by atoms with E-state index in [1.807, 2.05) is 12.1 Å². The molecule has 0 radical (unpaired) electrons. The fourth-order valence-corrected chi connectivity index (χ4v) is 2.91. The first-order valence-corrected chi connectivity index (χ1v) is 8.80. The highest BCUT2D eigenvalue weighted by Gasteiger charge is 2.13. The standard InChI is InChI=1S/C18H31ClN2/c1-4-11-20-18(16-8-7-9-17(19)15-16)10-14-21(12-5-2)13-6-3/h7-9,15,18,20H,4-6,10-14H2,1-3H3. The molecule has 0 aliphatic carbocycles. The molecule has 0 aliphatic heterocycles. The third-order valence-corrected chi connectivity index (χ3v) is 3.94. The zero-order chi connectivity index (χ0) is 15.5. The second-order valence-corrected chi connectivity index (χ2v) is 6.13. The molecule has 0 aliphatic rings. The highest BCUT2D eigenvalue weighted by atomic mass is 35.5. The molecule has 0 spiro atoms. The highest BCUT2D eigenvalue weighted by molar-refractivity contribution is 6.30. The Labute approximate surface area is 135 Å². The van der Waals surface area contributed by atoms with Crippen molar-refractivity contribution >= 4 is 11.6 Å². The molecule has 0 heterocycles. The SMILES string of the molecule is CCCNC(CCN(CCC)CCC)c1cccc(Cl)c1. The van der Waals surface area contributed by atoms with Gasteiger partial charge in [0.25, 0.3) is 0 Å². The van der Waals surface area contributed by atoms with E-state index in [9.17, 15) is 0 Å². The molecule has 0 saturated heterocycles. The summed E-state index contributed by atoms with van der Waals surface area (Å²) in [5.74, 6) is 0. The van der Waals surface area contributed by atoms with Gasteiger partial charge in [0.1, 0.15) is 0 Å². The monoisotopic (exact) mass is 310 g/mol. The zero-order valence-electron chi connectivity index (χ0n) is 13.9. The average Bonchev–Trinajstić information content (AvgIpc) is 2.47. The van der Waals surface area contributed by atoms with Gasteiger partial charge in [-0.25, -0.2) is 0 Å². The van der Waals surface area contributed by atoms with E-state index in [0.717, 1.165) is 31.0 Å². The Morgan fingerprint density at radius 3 is 2.33 bits per heavy atom. The summed E-state index contributed by atoms with van der Waals surface area (Å²) in [4.78, 5) is 2.57. The minimum absolute atomic E-state index is 0.403. The third-order valence-electron chi connectivity index (χ3n) is 3.71. The van der Waals surface area contributed by atoms with Crippen molar-refractivity contribution in [3.63, 3.8) is 0 Å². The Balaban J connectivity index is 2.64. The van der Waals surface area contributed by atoms with Crippen molar-refractivity contribution in [2.75, 3.05) is 26.2 Å². The maximum absolute atomic E-state index is 6.15. The van der Waals surface area contributed by atoms with Crippen molar-refractivity contribution in [1.29, 1.82) is 0 Å². The van der Waals surface area contributed by atoms with E-state index in [4.69, 9.17) is 11.6 Å². The van der Waals surface area contributed by atoms with Crippen LogP contribution >= 0.6 is 11.6 Å². The first-order chi connectivity index (χ1) is 10.2. The van der Waals surface area contributed by atoms with Crippen LogP contribution < -0.4 is 5.32 Å². The smallest absolute Gasteiger partial charge is 0.0409 e. The Kier molecular flexibility index (Phi) is 9.73. The van der Waals surface area contributed by atoms with Gasteiger partial charge in [-0.2, -0.15) is 0 Å². The first kappa shape index (κ1) is 18.5. The van der Waals surface area contributed by atoms with Crippen molar-refractivity contribution in [1.82, 2.24) is 10.2 Å². The summed E-state index contributed by atoms with van der Waals surface area (Å²) >= 11 is 6.15. The van der Waals surface area contributed by atoms with Gasteiger partial charge in [0.15, 0.2) is 0 Å². The fraction of sp³-hybridized carbons (Fsp3) is 0.667. The van der Waals surface area contributed by atoms with Crippen molar-refractivity contribution in [3.8, 4) is 0 Å². The molecule has 0 saturated carbocycles. The van der Waals surface area contributed by atoms with Gasteiger partial charge >= 0.3 is 0 Å². The fourth-order valence-electron chi connectivity index (χ4n) is 2.71. The van der Waals surface area contributed by atoms with Gasteiger partial charge in [-0.1, -0.05) is 44.5 Å². The number of rotatable bonds is 11. The summed E-state index contributed by atoms with van der Waals surface area (Å²) in [6.45, 7) is 11.3. The number of hydrogen-bond acceptors (Lipinski definition) is 2. The third kappa shape index (κ3) is 7.30. The first-order valence-electron chi connectivity index (χ1n) is 8.42.